The molecular formula is C11H12O. The summed E-state index contributed by atoms with van der Waals surface area (Å²) in [5.41, 5.74) is 0. The van der Waals surface area contributed by atoms with E-state index in [1.54, 1.807) is 7.11 Å². The van der Waals surface area contributed by atoms with Crippen LogP contribution in [0.3, 0.4) is 0 Å². The van der Waals surface area contributed by atoms with Gasteiger partial charge in [0.25, 0.3) is 0 Å². The van der Waals surface area contributed by atoms with Crippen molar-refractivity contribution in [3.05, 3.63) is 48.3 Å². The maximum atomic E-state index is 5.26. The zero-order valence-electron chi connectivity index (χ0n) is 7.10. The Morgan fingerprint density at radius 2 is 1.83 bits per heavy atom. The molecule has 0 radical (unpaired) electrons. The van der Waals surface area contributed by atoms with Crippen LogP contribution in [0.15, 0.2) is 48.3 Å². The first-order valence-electron chi connectivity index (χ1n) is 4.19. The van der Waals surface area contributed by atoms with E-state index >= 15 is 0 Å². The van der Waals surface area contributed by atoms with Gasteiger partial charge in [-0.3, -0.25) is 0 Å². The zero-order valence-corrected chi connectivity index (χ0v) is 7.10. The molecule has 0 aliphatic heterocycles. The first-order valence-corrected chi connectivity index (χ1v) is 4.19. The topological polar surface area (TPSA) is 9.23 Å². The van der Waals surface area contributed by atoms with Crippen LogP contribution in [0.1, 0.15) is 0 Å². The smallest absolute Gasteiger partial charge is 0.106 e. The lowest BCUT2D eigenvalue weighted by molar-refractivity contribution is 0.268. The molecule has 3 aliphatic rings. The monoisotopic (exact) mass is 160 g/mol. The summed E-state index contributed by atoms with van der Waals surface area (Å²) in [6.45, 7) is 0. The quantitative estimate of drug-likeness (QED) is 0.535. The van der Waals surface area contributed by atoms with Gasteiger partial charge in [-0.25, -0.2) is 0 Å². The van der Waals surface area contributed by atoms with E-state index in [0.717, 1.165) is 5.76 Å². The lowest BCUT2D eigenvalue weighted by atomic mass is 9.92. The Morgan fingerprint density at radius 1 is 1.08 bits per heavy atom. The van der Waals surface area contributed by atoms with Crippen LogP contribution in [0.2, 0.25) is 0 Å². The van der Waals surface area contributed by atoms with Crippen LogP contribution in [0.25, 0.3) is 0 Å². The molecule has 2 bridgehead atoms. The van der Waals surface area contributed by atoms with Gasteiger partial charge >= 0.3 is 0 Å². The molecule has 0 heterocycles. The third-order valence-electron chi connectivity index (χ3n) is 2.24. The van der Waals surface area contributed by atoms with Crippen molar-refractivity contribution in [2.45, 2.75) is 0 Å². The summed E-state index contributed by atoms with van der Waals surface area (Å²) < 4.78 is 5.26. The van der Waals surface area contributed by atoms with Gasteiger partial charge in [0.05, 0.1) is 13.0 Å². The van der Waals surface area contributed by atoms with Crippen LogP contribution in [0.4, 0.5) is 0 Å². The molecule has 0 atom stereocenters. The summed E-state index contributed by atoms with van der Waals surface area (Å²) in [7, 11) is 1.72. The summed E-state index contributed by atoms with van der Waals surface area (Å²) in [5, 5.41) is 0. The Bertz CT molecular complexity index is 267. The van der Waals surface area contributed by atoms with Crippen molar-refractivity contribution < 1.29 is 4.74 Å². The highest BCUT2D eigenvalue weighted by molar-refractivity contribution is 5.30. The van der Waals surface area contributed by atoms with Crippen LogP contribution >= 0.6 is 0 Å². The van der Waals surface area contributed by atoms with Crippen LogP contribution in [0.5, 0.6) is 0 Å². The molecule has 3 aliphatic carbocycles. The van der Waals surface area contributed by atoms with Gasteiger partial charge in [0.2, 0.25) is 0 Å². The van der Waals surface area contributed by atoms with Crippen molar-refractivity contribution in [2.24, 2.45) is 11.8 Å². The summed E-state index contributed by atoms with van der Waals surface area (Å²) in [6, 6.07) is 0. The fourth-order valence-corrected chi connectivity index (χ4v) is 1.54. The fraction of sp³-hybridized carbons (Fsp3) is 0.273. The zero-order chi connectivity index (χ0) is 8.39. The molecular weight excluding hydrogens is 148 g/mol. The van der Waals surface area contributed by atoms with Crippen LogP contribution in [-0.2, 0) is 4.74 Å². The predicted octanol–water partition coefficient (Wildman–Crippen LogP) is 2.44. The van der Waals surface area contributed by atoms with Crippen molar-refractivity contribution in [1.29, 1.82) is 0 Å². The number of methoxy groups -OCH3 is 1. The minimum Gasteiger partial charge on any atom is -0.500 e. The van der Waals surface area contributed by atoms with E-state index < -0.39 is 0 Å². The first-order chi connectivity index (χ1) is 5.90. The van der Waals surface area contributed by atoms with E-state index in [1.807, 2.05) is 6.08 Å². The summed E-state index contributed by atoms with van der Waals surface area (Å²) in [4.78, 5) is 0. The Morgan fingerprint density at radius 3 is 2.50 bits per heavy atom. The summed E-state index contributed by atoms with van der Waals surface area (Å²) in [6.07, 6.45) is 15.0. The lowest BCUT2D eigenvalue weighted by Crippen LogP contribution is -2.06. The van der Waals surface area contributed by atoms with Crippen molar-refractivity contribution in [3.8, 4) is 0 Å². The minimum absolute atomic E-state index is 0.344. The van der Waals surface area contributed by atoms with E-state index in [-0.39, 0.29) is 0 Å². The number of rotatable bonds is 1. The maximum Gasteiger partial charge on any atom is 0.106 e. The molecule has 0 aromatic heterocycles. The SMILES string of the molecule is COC1=CC=CC2C=CC1C=C2. The van der Waals surface area contributed by atoms with Crippen molar-refractivity contribution in [3.63, 3.8) is 0 Å². The summed E-state index contributed by atoms with van der Waals surface area (Å²) >= 11 is 0. The number of hydrogen-bond acceptors (Lipinski definition) is 1. The molecule has 0 saturated heterocycles. The Kier molecular flexibility index (Phi) is 1.86. The van der Waals surface area contributed by atoms with E-state index in [2.05, 4.69) is 36.5 Å². The van der Waals surface area contributed by atoms with E-state index in [9.17, 15) is 0 Å². The van der Waals surface area contributed by atoms with Gasteiger partial charge in [0.15, 0.2) is 0 Å². The molecule has 0 amide bonds. The largest absolute Gasteiger partial charge is 0.500 e. The van der Waals surface area contributed by atoms with Crippen molar-refractivity contribution in [1.82, 2.24) is 0 Å². The second-order valence-electron chi connectivity index (χ2n) is 3.03. The van der Waals surface area contributed by atoms with Crippen LogP contribution in [0, 0.1) is 11.8 Å². The van der Waals surface area contributed by atoms with Gasteiger partial charge in [-0.15, -0.1) is 0 Å². The normalized spacial score (nSPS) is 31.2. The highest BCUT2D eigenvalue weighted by atomic mass is 16.5. The lowest BCUT2D eigenvalue weighted by Gasteiger charge is -2.18. The Hall–Kier alpha value is -1.24. The molecule has 0 spiro atoms. The van der Waals surface area contributed by atoms with Gasteiger partial charge in [0.1, 0.15) is 5.76 Å². The maximum absolute atomic E-state index is 5.26. The van der Waals surface area contributed by atoms with Crippen molar-refractivity contribution >= 4 is 0 Å². The van der Waals surface area contributed by atoms with E-state index in [4.69, 9.17) is 4.74 Å². The number of fused-ring (bicyclic) bond motifs is 1. The Balaban J connectivity index is 2.36. The van der Waals surface area contributed by atoms with Crippen LogP contribution in [-0.4, -0.2) is 7.11 Å². The van der Waals surface area contributed by atoms with Gasteiger partial charge in [-0.2, -0.15) is 0 Å². The molecule has 0 fully saturated rings. The highest BCUT2D eigenvalue weighted by Crippen LogP contribution is 2.24. The molecule has 0 N–H and O–H groups in total. The van der Waals surface area contributed by atoms with Gasteiger partial charge in [-0.1, -0.05) is 36.5 Å². The minimum atomic E-state index is 0.344. The highest BCUT2D eigenvalue weighted by Gasteiger charge is 2.13. The average Bonchev–Trinajstić information content (AvgIpc) is 2.06. The van der Waals surface area contributed by atoms with Gasteiger partial charge < -0.3 is 4.74 Å². The van der Waals surface area contributed by atoms with Crippen LogP contribution < -0.4 is 0 Å². The standard InChI is InChI=1S/C11H12O/c1-12-11-4-2-3-9-5-7-10(11)8-6-9/h2-10H,1H3. The van der Waals surface area contributed by atoms with Gasteiger partial charge in [0, 0.05) is 5.92 Å². The molecule has 3 rings (SSSR count). The molecule has 0 saturated carbocycles. The molecule has 0 aromatic rings. The third-order valence-corrected chi connectivity index (χ3v) is 2.24. The summed E-state index contributed by atoms with van der Waals surface area (Å²) in [5.74, 6) is 1.84. The number of hydrogen-bond donors (Lipinski definition) is 0. The van der Waals surface area contributed by atoms with Gasteiger partial charge in [-0.05, 0) is 6.08 Å². The fourth-order valence-electron chi connectivity index (χ4n) is 1.54. The first kappa shape index (κ1) is 7.41. The molecule has 1 nitrogen and oxygen atoms in total. The van der Waals surface area contributed by atoms with Crippen molar-refractivity contribution in [2.75, 3.05) is 7.11 Å². The number of allylic oxidation sites excluding steroid dienone is 6. The average molecular weight is 160 g/mol. The number of ether oxygens (including phenoxy) is 1. The predicted molar refractivity (Wildman–Crippen MR) is 49.5 cm³/mol. The molecule has 12 heavy (non-hydrogen) atoms. The van der Waals surface area contributed by atoms with E-state index in [0.29, 0.717) is 11.8 Å². The second kappa shape index (κ2) is 3.02. The third kappa shape index (κ3) is 1.22. The molecule has 1 heteroatoms. The Labute approximate surface area is 72.7 Å². The second-order valence-corrected chi connectivity index (χ2v) is 3.03. The molecule has 0 unspecified atom stereocenters. The molecule has 62 valence electrons. The molecule has 0 aromatic carbocycles. The van der Waals surface area contributed by atoms with E-state index in [1.165, 1.54) is 0 Å².